The van der Waals surface area contributed by atoms with E-state index in [-0.39, 0.29) is 11.3 Å². The molecule has 2 aromatic carbocycles. The number of aromatic nitrogens is 1. The van der Waals surface area contributed by atoms with Gasteiger partial charge in [0.25, 0.3) is 5.91 Å². The van der Waals surface area contributed by atoms with Crippen LogP contribution in [0.4, 0.5) is 13.9 Å². The van der Waals surface area contributed by atoms with Crippen LogP contribution >= 0.6 is 11.3 Å². The summed E-state index contributed by atoms with van der Waals surface area (Å²) in [6, 6.07) is 13.8. The summed E-state index contributed by atoms with van der Waals surface area (Å²) >= 11 is 1.44. The summed E-state index contributed by atoms with van der Waals surface area (Å²) in [4.78, 5) is 18.1. The summed E-state index contributed by atoms with van der Waals surface area (Å²) in [5, 5.41) is 3.25. The van der Waals surface area contributed by atoms with Crippen molar-refractivity contribution in [1.29, 1.82) is 0 Å². The first kappa shape index (κ1) is 16.7. The Morgan fingerprint density at radius 2 is 2.00 bits per heavy atom. The molecule has 7 heteroatoms. The van der Waals surface area contributed by atoms with E-state index in [1.807, 2.05) is 18.2 Å². The van der Waals surface area contributed by atoms with Crippen LogP contribution in [0.15, 0.2) is 48.5 Å². The van der Waals surface area contributed by atoms with Crippen LogP contribution in [0.3, 0.4) is 0 Å². The maximum absolute atomic E-state index is 12.4. The topological polar surface area (TPSA) is 51.2 Å². The Morgan fingerprint density at radius 1 is 1.15 bits per heavy atom. The number of carbonyl (C=O) groups is 1. The zero-order valence-corrected chi connectivity index (χ0v) is 14.4. The highest BCUT2D eigenvalue weighted by Gasteiger charge is 2.21. The number of halogens is 2. The third kappa shape index (κ3) is 3.30. The molecule has 132 valence electrons. The monoisotopic (exact) mass is 372 g/mol. The summed E-state index contributed by atoms with van der Waals surface area (Å²) in [5.74, 6) is -0.468. The first-order valence-electron chi connectivity index (χ1n) is 8.04. The van der Waals surface area contributed by atoms with Crippen LogP contribution in [0.2, 0.25) is 0 Å². The standard InChI is InChI=1S/C19H14F2N2O2S/c20-18(21)25-13-6-3-5-12(10-13)17(24)23-19-22-16-14-7-2-1-4-11(14)8-9-15(16)26-19/h1-7,10,18H,8-9H2,(H,22,23,24). The number of benzene rings is 2. The molecule has 0 saturated heterocycles. The van der Waals surface area contributed by atoms with Gasteiger partial charge in [0, 0.05) is 16.0 Å². The Kier molecular flexibility index (Phi) is 4.38. The highest BCUT2D eigenvalue weighted by Crippen LogP contribution is 2.38. The molecule has 1 aliphatic carbocycles. The number of thiazole rings is 1. The predicted octanol–water partition coefficient (Wildman–Crippen LogP) is 4.76. The van der Waals surface area contributed by atoms with Crippen molar-refractivity contribution in [3.63, 3.8) is 0 Å². The molecular weight excluding hydrogens is 358 g/mol. The van der Waals surface area contributed by atoms with Gasteiger partial charge in [0.2, 0.25) is 0 Å². The van der Waals surface area contributed by atoms with E-state index >= 15 is 0 Å². The lowest BCUT2D eigenvalue weighted by Crippen LogP contribution is -2.12. The molecule has 1 aromatic heterocycles. The van der Waals surface area contributed by atoms with E-state index in [0.717, 1.165) is 29.0 Å². The van der Waals surface area contributed by atoms with Crippen LogP contribution in [-0.2, 0) is 12.8 Å². The van der Waals surface area contributed by atoms with Crippen molar-refractivity contribution in [2.24, 2.45) is 0 Å². The van der Waals surface area contributed by atoms with E-state index < -0.39 is 12.5 Å². The lowest BCUT2D eigenvalue weighted by Gasteiger charge is -2.13. The zero-order valence-electron chi connectivity index (χ0n) is 13.5. The Labute approximate surface area is 152 Å². The highest BCUT2D eigenvalue weighted by molar-refractivity contribution is 7.16. The van der Waals surface area contributed by atoms with Crippen molar-refractivity contribution in [2.75, 3.05) is 5.32 Å². The van der Waals surface area contributed by atoms with Crippen LogP contribution in [-0.4, -0.2) is 17.5 Å². The van der Waals surface area contributed by atoms with E-state index in [9.17, 15) is 13.6 Å². The minimum Gasteiger partial charge on any atom is -0.435 e. The molecule has 0 radical (unpaired) electrons. The summed E-state index contributed by atoms with van der Waals surface area (Å²) in [7, 11) is 0. The number of hydrogen-bond donors (Lipinski definition) is 1. The van der Waals surface area contributed by atoms with Gasteiger partial charge in [-0.2, -0.15) is 8.78 Å². The van der Waals surface area contributed by atoms with Gasteiger partial charge >= 0.3 is 6.61 Å². The molecular formula is C19H14F2N2O2S. The number of alkyl halides is 2. The molecule has 4 rings (SSSR count). The van der Waals surface area contributed by atoms with Gasteiger partial charge in [-0.3, -0.25) is 10.1 Å². The number of amides is 1. The largest absolute Gasteiger partial charge is 0.435 e. The van der Waals surface area contributed by atoms with Gasteiger partial charge in [0.15, 0.2) is 5.13 Å². The minimum absolute atomic E-state index is 0.0555. The van der Waals surface area contributed by atoms with Crippen molar-refractivity contribution in [1.82, 2.24) is 4.98 Å². The Bertz CT molecular complexity index is 972. The molecule has 26 heavy (non-hydrogen) atoms. The van der Waals surface area contributed by atoms with Gasteiger partial charge in [-0.1, -0.05) is 30.3 Å². The van der Waals surface area contributed by atoms with E-state index in [2.05, 4.69) is 21.1 Å². The number of anilines is 1. The van der Waals surface area contributed by atoms with Crippen LogP contribution < -0.4 is 10.1 Å². The fourth-order valence-electron chi connectivity index (χ4n) is 2.99. The van der Waals surface area contributed by atoms with Crippen LogP contribution in [0.25, 0.3) is 11.3 Å². The van der Waals surface area contributed by atoms with Gasteiger partial charge in [-0.25, -0.2) is 4.98 Å². The summed E-state index contributed by atoms with van der Waals surface area (Å²) in [6.45, 7) is -2.93. The van der Waals surface area contributed by atoms with Gasteiger partial charge in [-0.15, -0.1) is 11.3 Å². The number of nitrogens with one attached hydrogen (secondary N) is 1. The molecule has 0 saturated carbocycles. The predicted molar refractivity (Wildman–Crippen MR) is 96.0 cm³/mol. The van der Waals surface area contributed by atoms with E-state index in [4.69, 9.17) is 0 Å². The molecule has 4 nitrogen and oxygen atoms in total. The van der Waals surface area contributed by atoms with Crippen molar-refractivity contribution in [3.05, 3.63) is 64.5 Å². The van der Waals surface area contributed by atoms with E-state index in [1.165, 1.54) is 41.2 Å². The molecule has 1 aliphatic rings. The molecule has 0 fully saturated rings. The maximum Gasteiger partial charge on any atom is 0.387 e. The third-order valence-electron chi connectivity index (χ3n) is 4.13. The maximum atomic E-state index is 12.4. The average Bonchev–Trinajstić information content (AvgIpc) is 3.04. The number of ether oxygens (including phenoxy) is 1. The molecule has 0 aliphatic heterocycles. The zero-order chi connectivity index (χ0) is 18.1. The van der Waals surface area contributed by atoms with Gasteiger partial charge < -0.3 is 4.74 Å². The number of hydrogen-bond acceptors (Lipinski definition) is 4. The normalized spacial score (nSPS) is 12.4. The number of fused-ring (bicyclic) bond motifs is 3. The average molecular weight is 372 g/mol. The molecule has 3 aromatic rings. The highest BCUT2D eigenvalue weighted by atomic mass is 32.1. The summed E-state index contributed by atoms with van der Waals surface area (Å²) in [5.41, 5.74) is 3.48. The number of nitrogens with zero attached hydrogens (tertiary/aromatic N) is 1. The molecule has 1 heterocycles. The third-order valence-corrected chi connectivity index (χ3v) is 5.16. The van der Waals surface area contributed by atoms with Gasteiger partial charge in [0.05, 0.1) is 5.69 Å². The minimum atomic E-state index is -2.93. The van der Waals surface area contributed by atoms with E-state index in [0.29, 0.717) is 5.13 Å². The quantitative estimate of drug-likeness (QED) is 0.718. The van der Waals surface area contributed by atoms with Crippen molar-refractivity contribution >= 4 is 22.4 Å². The molecule has 0 unspecified atom stereocenters. The summed E-state index contributed by atoms with van der Waals surface area (Å²) < 4.78 is 29.0. The molecule has 0 atom stereocenters. The van der Waals surface area contributed by atoms with E-state index in [1.54, 1.807) is 0 Å². The smallest absolute Gasteiger partial charge is 0.387 e. The molecule has 0 spiro atoms. The van der Waals surface area contributed by atoms with Crippen molar-refractivity contribution in [3.8, 4) is 17.0 Å². The summed E-state index contributed by atoms with van der Waals surface area (Å²) in [6.07, 6.45) is 1.84. The van der Waals surface area contributed by atoms with Gasteiger partial charge in [-0.05, 0) is 36.6 Å². The second kappa shape index (κ2) is 6.84. The fourth-order valence-corrected chi connectivity index (χ4v) is 3.96. The van der Waals surface area contributed by atoms with Crippen molar-refractivity contribution < 1.29 is 18.3 Å². The first-order valence-corrected chi connectivity index (χ1v) is 8.86. The van der Waals surface area contributed by atoms with Crippen LogP contribution in [0.5, 0.6) is 5.75 Å². The number of carbonyl (C=O) groups excluding carboxylic acids is 1. The van der Waals surface area contributed by atoms with Crippen LogP contribution in [0.1, 0.15) is 20.8 Å². The number of rotatable bonds is 4. The van der Waals surface area contributed by atoms with Crippen molar-refractivity contribution in [2.45, 2.75) is 19.5 Å². The second-order valence-corrected chi connectivity index (χ2v) is 6.89. The first-order chi connectivity index (χ1) is 12.6. The van der Waals surface area contributed by atoms with Gasteiger partial charge in [0.1, 0.15) is 5.75 Å². The number of aryl methyl sites for hydroxylation is 2. The Balaban J connectivity index is 1.56. The second-order valence-electron chi connectivity index (χ2n) is 5.81. The van der Waals surface area contributed by atoms with Crippen LogP contribution in [0, 0.1) is 0 Å². The fraction of sp³-hybridized carbons (Fsp3) is 0.158. The molecule has 1 N–H and O–H groups in total. The molecule has 0 bridgehead atoms. The lowest BCUT2D eigenvalue weighted by molar-refractivity contribution is -0.0498. The Hall–Kier alpha value is -2.80. The molecule has 1 amide bonds. The lowest BCUT2D eigenvalue weighted by atomic mass is 9.94. The Morgan fingerprint density at radius 3 is 2.85 bits per heavy atom. The SMILES string of the molecule is O=C(Nc1nc2c(s1)CCc1ccccc1-2)c1cccc(OC(F)F)c1.